The van der Waals surface area contributed by atoms with Crippen LogP contribution >= 0.6 is 11.6 Å². The zero-order valence-electron chi connectivity index (χ0n) is 19.8. The summed E-state index contributed by atoms with van der Waals surface area (Å²) in [5.41, 5.74) is 7.33. The van der Waals surface area contributed by atoms with Gasteiger partial charge in [-0.25, -0.2) is 0 Å². The van der Waals surface area contributed by atoms with Crippen molar-refractivity contribution in [3.63, 3.8) is 0 Å². The van der Waals surface area contributed by atoms with Crippen LogP contribution in [0.2, 0.25) is 5.02 Å². The molecule has 5 nitrogen and oxygen atoms in total. The molecule has 0 saturated heterocycles. The predicted molar refractivity (Wildman–Crippen MR) is 144 cm³/mol. The van der Waals surface area contributed by atoms with Gasteiger partial charge in [-0.2, -0.15) is 0 Å². The lowest BCUT2D eigenvalue weighted by Gasteiger charge is -2.19. The van der Waals surface area contributed by atoms with Gasteiger partial charge < -0.3 is 15.6 Å². The van der Waals surface area contributed by atoms with Gasteiger partial charge in [0.05, 0.1) is 17.8 Å². The number of hydrogen-bond donors (Lipinski definition) is 3. The third kappa shape index (κ3) is 4.73. The van der Waals surface area contributed by atoms with Crippen LogP contribution in [0.1, 0.15) is 37.5 Å². The molecule has 0 bridgehead atoms. The first-order valence-corrected chi connectivity index (χ1v) is 11.9. The quantitative estimate of drug-likeness (QED) is 0.276. The van der Waals surface area contributed by atoms with Crippen molar-refractivity contribution in [3.8, 4) is 11.3 Å². The number of carbonyl (C=O) groups excluding carboxylic acids is 2. The van der Waals surface area contributed by atoms with E-state index in [0.29, 0.717) is 17.1 Å². The fourth-order valence-corrected chi connectivity index (χ4v) is 4.48. The molecule has 0 spiro atoms. The molecule has 1 aromatic heterocycles. The fraction of sp³-hybridized carbons (Fsp3) is 0.172. The van der Waals surface area contributed by atoms with Crippen LogP contribution in [0.5, 0.6) is 0 Å². The standard InChI is InChI=1S/C29H26ClN3O2/c1-29(2,3)18-6-12-24-21(15-18)22-16-27(35)32-25-11-4-17(14-23(25)28(22)33-24)5-13-26(34)31-20-9-7-19(30)8-10-20/h4-15,33H,16H2,1-3H3,(H,31,34)(H,32,35)/b13-5+. The Bertz CT molecular complexity index is 1490. The third-order valence-corrected chi connectivity index (χ3v) is 6.49. The molecular weight excluding hydrogens is 458 g/mol. The molecule has 3 aromatic carbocycles. The van der Waals surface area contributed by atoms with Crippen LogP contribution in [0.15, 0.2) is 66.7 Å². The van der Waals surface area contributed by atoms with Crippen LogP contribution in [0.25, 0.3) is 28.2 Å². The second-order valence-corrected chi connectivity index (χ2v) is 10.3. The first kappa shape index (κ1) is 22.9. The highest BCUT2D eigenvalue weighted by molar-refractivity contribution is 6.30. The Morgan fingerprint density at radius 2 is 1.80 bits per heavy atom. The Morgan fingerprint density at radius 1 is 1.03 bits per heavy atom. The van der Waals surface area contributed by atoms with Crippen LogP contribution in [-0.4, -0.2) is 16.8 Å². The highest BCUT2D eigenvalue weighted by Crippen LogP contribution is 2.39. The van der Waals surface area contributed by atoms with E-state index in [4.69, 9.17) is 11.6 Å². The lowest BCUT2D eigenvalue weighted by molar-refractivity contribution is -0.115. The summed E-state index contributed by atoms with van der Waals surface area (Å²) in [5.74, 6) is -0.283. The molecule has 0 saturated carbocycles. The van der Waals surface area contributed by atoms with Gasteiger partial charge in [0.1, 0.15) is 0 Å². The van der Waals surface area contributed by atoms with Gasteiger partial charge in [0.15, 0.2) is 0 Å². The van der Waals surface area contributed by atoms with Gasteiger partial charge in [-0.05, 0) is 76.7 Å². The molecule has 0 radical (unpaired) electrons. The van der Waals surface area contributed by atoms with Gasteiger partial charge >= 0.3 is 0 Å². The molecule has 176 valence electrons. The van der Waals surface area contributed by atoms with Crippen molar-refractivity contribution in [2.24, 2.45) is 0 Å². The minimum absolute atomic E-state index is 0.00773. The van der Waals surface area contributed by atoms with Gasteiger partial charge in [0.2, 0.25) is 11.8 Å². The number of aromatic amines is 1. The van der Waals surface area contributed by atoms with Crippen LogP contribution in [0.3, 0.4) is 0 Å². The summed E-state index contributed by atoms with van der Waals surface area (Å²) in [6.07, 6.45) is 3.55. The summed E-state index contributed by atoms with van der Waals surface area (Å²) in [6, 6.07) is 19.1. The van der Waals surface area contributed by atoms with Crippen LogP contribution < -0.4 is 10.6 Å². The van der Waals surface area contributed by atoms with E-state index in [1.165, 1.54) is 11.6 Å². The number of fused-ring (bicyclic) bond motifs is 5. The molecule has 5 rings (SSSR count). The summed E-state index contributed by atoms with van der Waals surface area (Å²) in [6.45, 7) is 6.55. The first-order chi connectivity index (χ1) is 16.7. The molecule has 0 unspecified atom stereocenters. The predicted octanol–water partition coefficient (Wildman–Crippen LogP) is 6.93. The van der Waals surface area contributed by atoms with E-state index < -0.39 is 0 Å². The molecule has 0 fully saturated rings. The van der Waals surface area contributed by atoms with Crippen molar-refractivity contribution in [3.05, 3.63) is 88.5 Å². The average molecular weight is 484 g/mol. The number of benzene rings is 3. The molecule has 0 atom stereocenters. The summed E-state index contributed by atoms with van der Waals surface area (Å²) in [5, 5.41) is 7.52. The molecule has 35 heavy (non-hydrogen) atoms. The Hall–Kier alpha value is -3.83. The molecular formula is C29H26ClN3O2. The van der Waals surface area contributed by atoms with E-state index in [-0.39, 0.29) is 17.2 Å². The highest BCUT2D eigenvalue weighted by Gasteiger charge is 2.24. The highest BCUT2D eigenvalue weighted by atomic mass is 35.5. The fourth-order valence-electron chi connectivity index (χ4n) is 4.35. The normalized spacial score (nSPS) is 13.3. The van der Waals surface area contributed by atoms with E-state index in [9.17, 15) is 9.59 Å². The number of hydrogen-bond acceptors (Lipinski definition) is 2. The Balaban J connectivity index is 1.50. The molecule has 0 aliphatic carbocycles. The summed E-state index contributed by atoms with van der Waals surface area (Å²) >= 11 is 5.90. The van der Waals surface area contributed by atoms with Crippen molar-refractivity contribution in [2.45, 2.75) is 32.6 Å². The molecule has 2 amide bonds. The number of amides is 2. The van der Waals surface area contributed by atoms with Crippen molar-refractivity contribution >= 4 is 51.8 Å². The lowest BCUT2D eigenvalue weighted by Crippen LogP contribution is -2.13. The Morgan fingerprint density at radius 3 is 2.54 bits per heavy atom. The summed E-state index contributed by atoms with van der Waals surface area (Å²) in [4.78, 5) is 28.7. The third-order valence-electron chi connectivity index (χ3n) is 6.24. The zero-order chi connectivity index (χ0) is 24.7. The van der Waals surface area contributed by atoms with Gasteiger partial charge in [0.25, 0.3) is 0 Å². The van der Waals surface area contributed by atoms with Crippen LogP contribution in [-0.2, 0) is 21.4 Å². The number of carbonyl (C=O) groups is 2. The summed E-state index contributed by atoms with van der Waals surface area (Å²) < 4.78 is 0. The number of halogens is 1. The van der Waals surface area contributed by atoms with E-state index in [1.54, 1.807) is 30.3 Å². The van der Waals surface area contributed by atoms with E-state index in [1.807, 2.05) is 18.2 Å². The minimum Gasteiger partial charge on any atom is -0.354 e. The van der Waals surface area contributed by atoms with E-state index in [0.717, 1.165) is 39.0 Å². The lowest BCUT2D eigenvalue weighted by atomic mass is 9.86. The molecule has 3 N–H and O–H groups in total. The Kier molecular flexibility index (Phi) is 5.73. The molecule has 6 heteroatoms. The van der Waals surface area contributed by atoms with E-state index >= 15 is 0 Å². The van der Waals surface area contributed by atoms with Crippen molar-refractivity contribution in [1.82, 2.24) is 4.98 Å². The monoisotopic (exact) mass is 483 g/mol. The minimum atomic E-state index is -0.239. The molecule has 1 aliphatic heterocycles. The SMILES string of the molecule is CC(C)(C)c1ccc2[nH]c3c(c2c1)CC(=O)Nc1ccc(/C=C/C(=O)Nc2ccc(Cl)cc2)cc1-3. The zero-order valence-corrected chi connectivity index (χ0v) is 20.6. The second kappa shape index (κ2) is 8.75. The molecule has 4 aromatic rings. The number of rotatable bonds is 3. The number of aromatic nitrogens is 1. The largest absolute Gasteiger partial charge is 0.354 e. The molecule has 2 heterocycles. The topological polar surface area (TPSA) is 74.0 Å². The van der Waals surface area contributed by atoms with Gasteiger partial charge in [-0.3, -0.25) is 9.59 Å². The Labute approximate surface area is 209 Å². The maximum atomic E-state index is 12.7. The smallest absolute Gasteiger partial charge is 0.248 e. The van der Waals surface area contributed by atoms with Crippen molar-refractivity contribution in [2.75, 3.05) is 10.6 Å². The maximum absolute atomic E-state index is 12.7. The van der Waals surface area contributed by atoms with Crippen molar-refractivity contribution < 1.29 is 9.59 Å². The van der Waals surface area contributed by atoms with E-state index in [2.05, 4.69) is 54.6 Å². The maximum Gasteiger partial charge on any atom is 0.248 e. The second-order valence-electron chi connectivity index (χ2n) is 9.85. The number of H-pyrrole nitrogens is 1. The van der Waals surface area contributed by atoms with Crippen LogP contribution in [0.4, 0.5) is 11.4 Å². The van der Waals surface area contributed by atoms with Gasteiger partial charge in [-0.1, -0.05) is 44.5 Å². The first-order valence-electron chi connectivity index (χ1n) is 11.5. The van der Waals surface area contributed by atoms with Gasteiger partial charge in [-0.15, -0.1) is 0 Å². The van der Waals surface area contributed by atoms with Crippen molar-refractivity contribution in [1.29, 1.82) is 0 Å². The average Bonchev–Trinajstić information content (AvgIpc) is 3.09. The van der Waals surface area contributed by atoms with Gasteiger partial charge in [0, 0.05) is 33.3 Å². The summed E-state index contributed by atoms with van der Waals surface area (Å²) in [7, 11) is 0. The molecule has 1 aliphatic rings. The number of nitrogens with one attached hydrogen (secondary N) is 3. The van der Waals surface area contributed by atoms with Crippen LogP contribution in [0, 0.1) is 0 Å². The number of anilines is 2.